The minimum Gasteiger partial charge on any atom is -0.472 e. The number of urea groups is 1. The van der Waals surface area contributed by atoms with Crippen LogP contribution in [0.2, 0.25) is 0 Å². The molecule has 300 valence electrons. The molecule has 8 rings (SSSR count). The number of benzene rings is 1. The van der Waals surface area contributed by atoms with Crippen LogP contribution < -0.4 is 24.8 Å². The maximum atomic E-state index is 14.9. The van der Waals surface area contributed by atoms with Gasteiger partial charge in [-0.25, -0.2) is 13.2 Å². The van der Waals surface area contributed by atoms with Gasteiger partial charge in [-0.15, -0.1) is 6.58 Å². The van der Waals surface area contributed by atoms with Gasteiger partial charge in [0.2, 0.25) is 27.7 Å². The molecule has 56 heavy (non-hydrogen) atoms. The maximum Gasteiger partial charge on any atom is 0.320 e. The zero-order valence-electron chi connectivity index (χ0n) is 31.5. The molecule has 3 saturated carbocycles. The van der Waals surface area contributed by atoms with Gasteiger partial charge in [0.15, 0.2) is 0 Å². The van der Waals surface area contributed by atoms with E-state index in [9.17, 15) is 27.6 Å². The Hall–Kier alpha value is -4.77. The average molecular weight is 792 g/mol. The van der Waals surface area contributed by atoms with Gasteiger partial charge in [-0.3, -0.25) is 19.1 Å². The van der Waals surface area contributed by atoms with Gasteiger partial charge in [-0.2, -0.15) is 9.97 Å². The lowest BCUT2D eigenvalue weighted by atomic mass is 9.96. The molecule has 3 N–H and O–H groups in total. The Labute approximate surface area is 325 Å². The molecule has 2 aromatic rings. The van der Waals surface area contributed by atoms with E-state index in [1.54, 1.807) is 4.90 Å². The monoisotopic (exact) mass is 791 g/mol. The van der Waals surface area contributed by atoms with Crippen molar-refractivity contribution in [1.29, 1.82) is 0 Å². The number of hydrogen-bond acceptors (Lipinski definition) is 11. The second-order valence-electron chi connectivity index (χ2n) is 15.7. The minimum atomic E-state index is -3.90. The van der Waals surface area contributed by atoms with E-state index >= 15 is 0 Å². The first-order valence-electron chi connectivity index (χ1n) is 19.7. The predicted octanol–water partition coefficient (Wildman–Crippen LogP) is 2.43. The second kappa shape index (κ2) is 15.3. The van der Waals surface area contributed by atoms with Gasteiger partial charge in [0.05, 0.1) is 42.0 Å². The summed E-state index contributed by atoms with van der Waals surface area (Å²) in [6.45, 7) is 7.11. The third-order valence-electron chi connectivity index (χ3n) is 11.9. The van der Waals surface area contributed by atoms with Crippen molar-refractivity contribution in [1.82, 2.24) is 35.1 Å². The van der Waals surface area contributed by atoms with Crippen LogP contribution >= 0.6 is 0 Å². The fourth-order valence-electron chi connectivity index (χ4n) is 8.54. The average Bonchev–Trinajstić information content (AvgIpc) is 3.95. The number of nitrogens with one attached hydrogen (secondary N) is 3. The zero-order chi connectivity index (χ0) is 39.2. The first-order valence-corrected chi connectivity index (χ1v) is 21.3. The van der Waals surface area contributed by atoms with E-state index in [1.807, 2.05) is 37.3 Å². The summed E-state index contributed by atoms with van der Waals surface area (Å²) in [6, 6.07) is 3.34. The normalized spacial score (nSPS) is 30.2. The number of carbonyl (C=O) groups excluding carboxylic acids is 4. The third-order valence-corrected chi connectivity index (χ3v) is 13.7. The highest BCUT2D eigenvalue weighted by Gasteiger charge is 2.62. The highest BCUT2D eigenvalue weighted by Crippen LogP contribution is 2.46. The molecular weight excluding hydrogens is 743 g/mol. The van der Waals surface area contributed by atoms with Gasteiger partial charge >= 0.3 is 12.0 Å². The number of aromatic nitrogens is 2. The number of nitrogens with zero attached hydrogens (tertiary/aromatic N) is 4. The van der Waals surface area contributed by atoms with Crippen molar-refractivity contribution in [3.63, 3.8) is 0 Å². The van der Waals surface area contributed by atoms with Crippen molar-refractivity contribution in [3.05, 3.63) is 42.5 Å². The molecular formula is C39H49N7O9S. The van der Waals surface area contributed by atoms with Gasteiger partial charge < -0.3 is 34.6 Å². The molecule has 1 aromatic heterocycles. The molecule has 0 radical (unpaired) electrons. The summed E-state index contributed by atoms with van der Waals surface area (Å²) < 4.78 is 46.1. The summed E-state index contributed by atoms with van der Waals surface area (Å²) in [6.07, 6.45) is 9.46. The Morgan fingerprint density at radius 1 is 1.11 bits per heavy atom. The van der Waals surface area contributed by atoms with Crippen LogP contribution in [0.5, 0.6) is 11.9 Å². The lowest BCUT2D eigenvalue weighted by Crippen LogP contribution is -2.59. The molecule has 6 atom stereocenters. The van der Waals surface area contributed by atoms with E-state index in [0.717, 1.165) is 31.2 Å². The molecule has 6 aliphatic rings. The molecule has 3 aliphatic carbocycles. The number of fused-ring (bicyclic) bond motifs is 5. The molecule has 5 amide bonds. The van der Waals surface area contributed by atoms with E-state index in [0.29, 0.717) is 56.5 Å². The smallest absolute Gasteiger partial charge is 0.320 e. The van der Waals surface area contributed by atoms with Gasteiger partial charge in [-0.1, -0.05) is 37.1 Å². The van der Waals surface area contributed by atoms with Crippen molar-refractivity contribution < 1.29 is 41.8 Å². The van der Waals surface area contributed by atoms with Gasteiger partial charge in [-0.05, 0) is 69.1 Å². The molecule has 0 unspecified atom stereocenters. The third kappa shape index (κ3) is 7.66. The highest BCUT2D eigenvalue weighted by molar-refractivity contribution is 7.91. The van der Waals surface area contributed by atoms with Crippen molar-refractivity contribution in [2.24, 2.45) is 11.8 Å². The Morgan fingerprint density at radius 3 is 2.64 bits per heavy atom. The van der Waals surface area contributed by atoms with Crippen LogP contribution in [0.1, 0.15) is 70.3 Å². The van der Waals surface area contributed by atoms with Crippen molar-refractivity contribution in [2.45, 2.75) is 99.8 Å². The number of amides is 5. The van der Waals surface area contributed by atoms with Gasteiger partial charge in [0.1, 0.15) is 23.7 Å². The fourth-order valence-corrected chi connectivity index (χ4v) is 9.90. The molecule has 1 aromatic carbocycles. The fraction of sp³-hybridized carbons (Fsp3) is 0.590. The number of hydrogen-bond donors (Lipinski definition) is 3. The first-order chi connectivity index (χ1) is 27.0. The number of rotatable bonds is 9. The summed E-state index contributed by atoms with van der Waals surface area (Å²) in [5.74, 6) is -2.36. The van der Waals surface area contributed by atoms with Crippen LogP contribution in [0.3, 0.4) is 0 Å². The quantitative estimate of drug-likeness (QED) is 0.316. The molecule has 2 saturated heterocycles. The summed E-state index contributed by atoms with van der Waals surface area (Å²) in [4.78, 5) is 69.0. The summed E-state index contributed by atoms with van der Waals surface area (Å²) in [5, 5.41) is 5.85. The zero-order valence-corrected chi connectivity index (χ0v) is 32.3. The minimum absolute atomic E-state index is 0.0230. The number of sulfonamides is 1. The SMILES string of the molecule is C=C[C@@H]1C[C@]1(NC(=O)[C@@H]1C[C@@H]2CN1C(=O)[C@H](C1CCCC1)NC(=O)N1CC[C@@H](C1)OC/C=C\c1ccc3nc(OCC)nc(c3c1)O2)C(=O)NS(=O)(=O)C1CC1. The van der Waals surface area contributed by atoms with Crippen LogP contribution in [0.4, 0.5) is 4.79 Å². The summed E-state index contributed by atoms with van der Waals surface area (Å²) in [5.41, 5.74) is -0.129. The molecule has 6 bridgehead atoms. The second-order valence-corrected chi connectivity index (χ2v) is 17.7. The Bertz CT molecular complexity index is 2050. The van der Waals surface area contributed by atoms with E-state index in [1.165, 1.54) is 11.0 Å². The highest BCUT2D eigenvalue weighted by atomic mass is 32.2. The van der Waals surface area contributed by atoms with Crippen LogP contribution in [0.25, 0.3) is 17.0 Å². The summed E-state index contributed by atoms with van der Waals surface area (Å²) >= 11 is 0. The summed E-state index contributed by atoms with van der Waals surface area (Å²) in [7, 11) is -3.90. The topological polar surface area (TPSA) is 198 Å². The standard InChI is InChI=1S/C39H49N7O9S/c1-3-25-20-39(25,36(49)44-56(51,52)28-12-13-28)43-33(47)31-19-27-22-46(31)35(48)32(24-9-5-6-10-24)41-38(50)45-16-15-26(21-45)54-17-7-8-23-11-14-30-29(18-23)34(55-27)42-37(40-30)53-4-2/h3,7-8,11,14,18,24-28,31-32H,1,4-6,9-10,12-13,15-17,19-22H2,2H3,(H,41,50)(H,43,47)(H,44,49)/b8-7-/t25-,26+,27-,31+,32+,39-/m1/s1. The van der Waals surface area contributed by atoms with E-state index < -0.39 is 62.6 Å². The van der Waals surface area contributed by atoms with Crippen molar-refractivity contribution in [2.75, 3.05) is 32.8 Å². The molecule has 0 spiro atoms. The lowest BCUT2D eigenvalue weighted by molar-refractivity contribution is -0.142. The number of carbonyl (C=O) groups is 4. The van der Waals surface area contributed by atoms with Crippen LogP contribution in [0.15, 0.2) is 36.9 Å². The Balaban J connectivity index is 1.15. The van der Waals surface area contributed by atoms with E-state index in [4.69, 9.17) is 14.2 Å². The van der Waals surface area contributed by atoms with E-state index in [-0.39, 0.29) is 49.3 Å². The van der Waals surface area contributed by atoms with Gasteiger partial charge in [0.25, 0.3) is 5.91 Å². The maximum absolute atomic E-state index is 14.9. The predicted molar refractivity (Wildman–Crippen MR) is 204 cm³/mol. The molecule has 17 heteroatoms. The Kier molecular flexibility index (Phi) is 10.4. The molecule has 16 nitrogen and oxygen atoms in total. The number of ether oxygens (including phenoxy) is 3. The van der Waals surface area contributed by atoms with Crippen molar-refractivity contribution in [3.8, 4) is 11.9 Å². The molecule has 5 fully saturated rings. The van der Waals surface area contributed by atoms with Crippen molar-refractivity contribution >= 4 is 50.8 Å². The molecule has 4 heterocycles. The van der Waals surface area contributed by atoms with Crippen LogP contribution in [-0.4, -0.2) is 120 Å². The Morgan fingerprint density at radius 2 is 1.91 bits per heavy atom. The lowest BCUT2D eigenvalue weighted by Gasteiger charge is -2.33. The van der Waals surface area contributed by atoms with Crippen LogP contribution in [0, 0.1) is 11.8 Å². The van der Waals surface area contributed by atoms with E-state index in [2.05, 4.69) is 31.9 Å². The van der Waals surface area contributed by atoms with Gasteiger partial charge in [0, 0.05) is 25.4 Å². The van der Waals surface area contributed by atoms with Crippen LogP contribution in [-0.2, 0) is 29.1 Å². The first kappa shape index (κ1) is 38.1. The largest absolute Gasteiger partial charge is 0.472 e. The molecule has 3 aliphatic heterocycles.